The third-order valence-electron chi connectivity index (χ3n) is 4.64. The monoisotopic (exact) mass is 424 g/mol. The van der Waals surface area contributed by atoms with E-state index in [0.717, 1.165) is 72.9 Å². The minimum Gasteiger partial charge on any atom is -0.367 e. The summed E-state index contributed by atoms with van der Waals surface area (Å²) in [7, 11) is 4.77. The molecule has 0 spiro atoms. The van der Waals surface area contributed by atoms with Crippen molar-refractivity contribution in [1.29, 1.82) is 0 Å². The number of anilines is 1. The molecule has 0 aromatic carbocycles. The van der Waals surface area contributed by atoms with Gasteiger partial charge in [0.15, 0.2) is 5.82 Å². The molecule has 25 heavy (non-hydrogen) atoms. The lowest BCUT2D eigenvalue weighted by Crippen LogP contribution is -2.44. The molecule has 1 saturated heterocycles. The molecule has 2 aliphatic heterocycles. The number of nitrogens with zero attached hydrogens (tertiary/aromatic N) is 4. The highest BCUT2D eigenvalue weighted by atomic mass is 79.9. The fourth-order valence-corrected chi connectivity index (χ4v) is 4.29. The summed E-state index contributed by atoms with van der Waals surface area (Å²) in [5.74, 6) is 0.875. The van der Waals surface area contributed by atoms with Gasteiger partial charge in [0, 0.05) is 50.4 Å². The van der Waals surface area contributed by atoms with Crippen molar-refractivity contribution in [3.8, 4) is 0 Å². The van der Waals surface area contributed by atoms with Gasteiger partial charge in [-0.1, -0.05) is 13.5 Å². The van der Waals surface area contributed by atoms with E-state index < -0.39 is 0 Å². The number of piperazine rings is 1. The van der Waals surface area contributed by atoms with Gasteiger partial charge < -0.3 is 20.2 Å². The summed E-state index contributed by atoms with van der Waals surface area (Å²) in [5.41, 5.74) is 5.24. The highest BCUT2D eigenvalue weighted by Gasteiger charge is 2.32. The third kappa shape index (κ3) is 3.61. The minimum absolute atomic E-state index is 0.806. The standard InChI is InChI=1S/C17H26BrN6P/c1-4-13-15(23-9-7-20-8-10-23)11(2)14-17(24(13)25)21-12(5-6-19-3)16(18)22-14/h19-20H,2,4-10,25H2,1,3H3. The Balaban J connectivity index is 2.03. The van der Waals surface area contributed by atoms with Crippen LogP contribution >= 0.6 is 25.3 Å². The highest BCUT2D eigenvalue weighted by molar-refractivity contribution is 9.10. The Hall–Kier alpha value is -1.01. The average Bonchev–Trinajstić information content (AvgIpc) is 2.63. The van der Waals surface area contributed by atoms with Crippen LogP contribution in [0.5, 0.6) is 0 Å². The third-order valence-corrected chi connectivity index (χ3v) is 5.84. The molecule has 3 heterocycles. The molecular weight excluding hydrogens is 399 g/mol. The van der Waals surface area contributed by atoms with Crippen molar-refractivity contribution >= 4 is 36.7 Å². The molecule has 1 fully saturated rings. The van der Waals surface area contributed by atoms with Crippen LogP contribution in [0.4, 0.5) is 5.82 Å². The Morgan fingerprint density at radius 2 is 2.04 bits per heavy atom. The Kier molecular flexibility index (Phi) is 6.10. The van der Waals surface area contributed by atoms with E-state index in [-0.39, 0.29) is 0 Å². The number of rotatable bonds is 5. The van der Waals surface area contributed by atoms with Crippen LogP contribution < -0.4 is 15.3 Å². The summed E-state index contributed by atoms with van der Waals surface area (Å²) >= 11 is 3.59. The molecule has 0 saturated carbocycles. The van der Waals surface area contributed by atoms with E-state index in [4.69, 9.17) is 9.97 Å². The van der Waals surface area contributed by atoms with Gasteiger partial charge in [0.25, 0.3) is 0 Å². The number of allylic oxidation sites excluding steroid dienone is 2. The first kappa shape index (κ1) is 18.8. The van der Waals surface area contributed by atoms with E-state index in [0.29, 0.717) is 0 Å². The van der Waals surface area contributed by atoms with Crippen molar-refractivity contribution in [3.05, 3.63) is 34.0 Å². The Morgan fingerprint density at radius 1 is 1.32 bits per heavy atom. The van der Waals surface area contributed by atoms with Crippen molar-refractivity contribution in [2.45, 2.75) is 19.8 Å². The van der Waals surface area contributed by atoms with Crippen molar-refractivity contribution in [1.82, 2.24) is 25.5 Å². The van der Waals surface area contributed by atoms with Gasteiger partial charge >= 0.3 is 0 Å². The van der Waals surface area contributed by atoms with Gasteiger partial charge in [0.05, 0.1) is 11.4 Å². The molecule has 0 radical (unpaired) electrons. The summed E-state index contributed by atoms with van der Waals surface area (Å²) in [6.07, 6.45) is 1.75. The zero-order valence-corrected chi connectivity index (χ0v) is 17.6. The van der Waals surface area contributed by atoms with Gasteiger partial charge in [-0.2, -0.15) is 0 Å². The molecule has 2 aliphatic rings. The van der Waals surface area contributed by atoms with Gasteiger partial charge in [-0.3, -0.25) is 0 Å². The zero-order valence-electron chi connectivity index (χ0n) is 14.9. The number of nitrogens with one attached hydrogen (secondary N) is 2. The largest absolute Gasteiger partial charge is 0.367 e. The molecule has 2 N–H and O–H groups in total. The summed E-state index contributed by atoms with van der Waals surface area (Å²) in [5, 5.41) is 6.58. The van der Waals surface area contributed by atoms with E-state index in [9.17, 15) is 0 Å². The Morgan fingerprint density at radius 3 is 2.68 bits per heavy atom. The molecule has 8 heteroatoms. The van der Waals surface area contributed by atoms with Crippen molar-refractivity contribution in [2.75, 3.05) is 44.4 Å². The number of fused-ring (bicyclic) bond motifs is 1. The predicted octanol–water partition coefficient (Wildman–Crippen LogP) is 2.15. The van der Waals surface area contributed by atoms with Crippen LogP contribution in [-0.4, -0.2) is 54.6 Å². The smallest absolute Gasteiger partial charge is 0.162 e. The van der Waals surface area contributed by atoms with Crippen LogP contribution in [-0.2, 0) is 6.42 Å². The highest BCUT2D eigenvalue weighted by Crippen LogP contribution is 2.42. The predicted molar refractivity (Wildman–Crippen MR) is 110 cm³/mol. The fourth-order valence-electron chi connectivity index (χ4n) is 3.34. The molecule has 1 atom stereocenters. The lowest BCUT2D eigenvalue weighted by atomic mass is 10.0. The first-order chi connectivity index (χ1) is 12.1. The number of likely N-dealkylation sites (N-methyl/N-ethyl adjacent to an activating group) is 1. The second kappa shape index (κ2) is 8.12. The summed E-state index contributed by atoms with van der Waals surface area (Å²) in [6.45, 7) is 11.4. The maximum Gasteiger partial charge on any atom is 0.162 e. The molecule has 1 aromatic heterocycles. The molecule has 0 aliphatic carbocycles. The molecule has 1 unspecified atom stereocenters. The Labute approximate surface area is 160 Å². The van der Waals surface area contributed by atoms with Gasteiger partial charge in [0.1, 0.15) is 10.3 Å². The topological polar surface area (TPSA) is 56.3 Å². The second-order valence-electron chi connectivity index (χ2n) is 6.22. The molecule has 3 rings (SSSR count). The van der Waals surface area contributed by atoms with Gasteiger partial charge in [-0.25, -0.2) is 9.97 Å². The van der Waals surface area contributed by atoms with Crippen molar-refractivity contribution in [2.24, 2.45) is 0 Å². The normalized spacial score (nSPS) is 18.0. The van der Waals surface area contributed by atoms with Crippen LogP contribution in [0.25, 0.3) is 5.57 Å². The minimum atomic E-state index is 0.806. The molecular formula is C17H26BrN6P. The number of halogens is 1. The van der Waals surface area contributed by atoms with E-state index in [2.05, 4.69) is 59.0 Å². The first-order valence-corrected chi connectivity index (χ1v) is 10.0. The molecule has 1 aromatic rings. The number of hydrogen-bond donors (Lipinski definition) is 2. The van der Waals surface area contributed by atoms with Gasteiger partial charge in [-0.05, 0) is 38.8 Å². The van der Waals surface area contributed by atoms with E-state index >= 15 is 0 Å². The lowest BCUT2D eigenvalue weighted by molar-refractivity contribution is 0.306. The first-order valence-electron chi connectivity index (χ1n) is 8.72. The molecule has 136 valence electrons. The average molecular weight is 425 g/mol. The van der Waals surface area contributed by atoms with E-state index in [1.54, 1.807) is 0 Å². The van der Waals surface area contributed by atoms with Crippen LogP contribution in [0, 0.1) is 0 Å². The van der Waals surface area contributed by atoms with Gasteiger partial charge in [-0.15, -0.1) is 0 Å². The maximum atomic E-state index is 4.89. The second-order valence-corrected chi connectivity index (χ2v) is 7.49. The van der Waals surface area contributed by atoms with Crippen LogP contribution in [0.3, 0.4) is 0 Å². The van der Waals surface area contributed by atoms with Crippen molar-refractivity contribution in [3.63, 3.8) is 0 Å². The van der Waals surface area contributed by atoms with E-state index in [1.807, 2.05) is 7.05 Å². The summed E-state index contributed by atoms with van der Waals surface area (Å²) in [4.78, 5) is 12.1. The van der Waals surface area contributed by atoms with E-state index in [1.165, 1.54) is 11.4 Å². The summed E-state index contributed by atoms with van der Waals surface area (Å²) < 4.78 is 2.92. The SMILES string of the molecule is C=C1C(N2CCNCC2)=C(CC)N(P)c2nc(CCNC)c(Br)nc21. The molecule has 0 bridgehead atoms. The lowest BCUT2D eigenvalue weighted by Gasteiger charge is -2.39. The van der Waals surface area contributed by atoms with Crippen LogP contribution in [0.1, 0.15) is 24.7 Å². The Bertz CT molecular complexity index is 699. The number of aromatic nitrogens is 2. The zero-order chi connectivity index (χ0) is 18.0. The molecule has 6 nitrogen and oxygen atoms in total. The molecule has 0 amide bonds. The summed E-state index contributed by atoms with van der Waals surface area (Å²) in [6, 6.07) is 0. The fraction of sp³-hybridized carbons (Fsp3) is 0.529. The van der Waals surface area contributed by atoms with Gasteiger partial charge in [0.2, 0.25) is 0 Å². The number of hydrogen-bond acceptors (Lipinski definition) is 6. The quantitative estimate of drug-likeness (QED) is 0.706. The van der Waals surface area contributed by atoms with Crippen molar-refractivity contribution < 1.29 is 0 Å². The maximum absolute atomic E-state index is 4.89. The van der Waals surface area contributed by atoms with Crippen LogP contribution in [0.2, 0.25) is 0 Å². The van der Waals surface area contributed by atoms with Crippen LogP contribution in [0.15, 0.2) is 22.6 Å².